The molecule has 0 aliphatic carbocycles. The van der Waals surface area contributed by atoms with Crippen molar-refractivity contribution in [3.05, 3.63) is 58.6 Å². The van der Waals surface area contributed by atoms with Crippen molar-refractivity contribution >= 4 is 17.3 Å². The third-order valence-electron chi connectivity index (χ3n) is 2.68. The van der Waals surface area contributed by atoms with E-state index < -0.39 is 11.9 Å². The first-order valence-corrected chi connectivity index (χ1v) is 5.77. The summed E-state index contributed by atoms with van der Waals surface area (Å²) < 4.78 is 13.3. The number of hydrogen-bond donors (Lipinski definition) is 2. The number of benzene rings is 1. The number of pyridine rings is 1. The molecule has 18 heavy (non-hydrogen) atoms. The van der Waals surface area contributed by atoms with E-state index in [1.165, 1.54) is 12.1 Å². The molecule has 1 aromatic heterocycles. The first kappa shape index (κ1) is 12.8. The Bertz CT molecular complexity index is 562. The number of aliphatic hydroxyl groups excluding tert-OH is 1. The molecule has 5 heteroatoms. The van der Waals surface area contributed by atoms with Crippen molar-refractivity contribution in [2.45, 2.75) is 12.5 Å². The molecule has 1 unspecified atom stereocenters. The smallest absolute Gasteiger partial charge is 0.142 e. The third kappa shape index (κ3) is 2.78. The minimum atomic E-state index is -0.844. The maximum Gasteiger partial charge on any atom is 0.142 e. The molecule has 0 aliphatic heterocycles. The van der Waals surface area contributed by atoms with E-state index in [2.05, 4.69) is 4.98 Å². The van der Waals surface area contributed by atoms with Crippen molar-refractivity contribution in [1.29, 1.82) is 0 Å². The number of nitrogens with two attached hydrogens (primary N) is 1. The lowest BCUT2D eigenvalue weighted by Gasteiger charge is -2.12. The van der Waals surface area contributed by atoms with Crippen LogP contribution in [-0.2, 0) is 6.42 Å². The third-order valence-corrected chi connectivity index (χ3v) is 2.99. The molecule has 0 radical (unpaired) electrons. The van der Waals surface area contributed by atoms with Crippen molar-refractivity contribution in [1.82, 2.24) is 4.98 Å². The zero-order valence-electron chi connectivity index (χ0n) is 9.48. The summed E-state index contributed by atoms with van der Waals surface area (Å²) in [6.07, 6.45) is 2.60. The topological polar surface area (TPSA) is 59.1 Å². The molecular weight excluding hydrogens is 255 g/mol. The van der Waals surface area contributed by atoms with E-state index in [4.69, 9.17) is 17.3 Å². The van der Waals surface area contributed by atoms with Crippen LogP contribution in [0, 0.1) is 5.82 Å². The fraction of sp³-hybridized carbons (Fsp3) is 0.154. The molecule has 0 saturated heterocycles. The Morgan fingerprint density at radius 3 is 2.83 bits per heavy atom. The van der Waals surface area contributed by atoms with Gasteiger partial charge in [0.15, 0.2) is 0 Å². The molecule has 1 atom stereocenters. The Kier molecular flexibility index (Phi) is 3.79. The summed E-state index contributed by atoms with van der Waals surface area (Å²) in [7, 11) is 0. The second-order valence-electron chi connectivity index (χ2n) is 3.97. The molecule has 3 N–H and O–H groups in total. The summed E-state index contributed by atoms with van der Waals surface area (Å²) in [6, 6.07) is 5.88. The largest absolute Gasteiger partial charge is 0.398 e. The van der Waals surface area contributed by atoms with Crippen molar-refractivity contribution in [2.75, 3.05) is 5.73 Å². The van der Waals surface area contributed by atoms with E-state index in [9.17, 15) is 9.50 Å². The SMILES string of the molecule is Nc1ccncc1CC(O)c1ccc(Cl)c(F)c1. The fourth-order valence-electron chi connectivity index (χ4n) is 1.65. The zero-order chi connectivity index (χ0) is 13.1. The van der Waals surface area contributed by atoms with Gasteiger partial charge in [-0.15, -0.1) is 0 Å². The number of aromatic nitrogens is 1. The fourth-order valence-corrected chi connectivity index (χ4v) is 1.77. The van der Waals surface area contributed by atoms with Gasteiger partial charge >= 0.3 is 0 Å². The molecule has 2 aromatic rings. The van der Waals surface area contributed by atoms with Crippen molar-refractivity contribution < 1.29 is 9.50 Å². The van der Waals surface area contributed by atoms with E-state index >= 15 is 0 Å². The number of rotatable bonds is 3. The van der Waals surface area contributed by atoms with Crippen LogP contribution < -0.4 is 5.73 Å². The van der Waals surface area contributed by atoms with Crippen LogP contribution in [0.1, 0.15) is 17.2 Å². The number of aliphatic hydroxyl groups is 1. The second kappa shape index (κ2) is 5.33. The van der Waals surface area contributed by atoms with Crippen molar-refractivity contribution in [3.8, 4) is 0 Å². The maximum atomic E-state index is 13.3. The number of hydrogen-bond acceptors (Lipinski definition) is 3. The summed E-state index contributed by atoms with van der Waals surface area (Å²) >= 11 is 5.58. The van der Waals surface area contributed by atoms with Gasteiger partial charge in [-0.2, -0.15) is 0 Å². The van der Waals surface area contributed by atoms with Gasteiger partial charge in [0.25, 0.3) is 0 Å². The van der Waals surface area contributed by atoms with Crippen LogP contribution in [0.15, 0.2) is 36.7 Å². The zero-order valence-corrected chi connectivity index (χ0v) is 10.2. The van der Waals surface area contributed by atoms with Gasteiger partial charge in [0, 0.05) is 24.5 Å². The molecule has 0 amide bonds. The van der Waals surface area contributed by atoms with Crippen LogP contribution in [-0.4, -0.2) is 10.1 Å². The molecule has 2 rings (SSSR count). The Balaban J connectivity index is 2.19. The molecule has 1 heterocycles. The number of anilines is 1. The maximum absolute atomic E-state index is 13.3. The Hall–Kier alpha value is -1.65. The Morgan fingerprint density at radius 1 is 1.39 bits per heavy atom. The van der Waals surface area contributed by atoms with Gasteiger partial charge in [0.1, 0.15) is 5.82 Å². The van der Waals surface area contributed by atoms with E-state index in [1.54, 1.807) is 24.5 Å². The quantitative estimate of drug-likeness (QED) is 0.898. The van der Waals surface area contributed by atoms with Crippen LogP contribution in [0.25, 0.3) is 0 Å². The summed E-state index contributed by atoms with van der Waals surface area (Å²) in [5.74, 6) is -0.549. The predicted octanol–water partition coefficient (Wildman–Crippen LogP) is 2.73. The van der Waals surface area contributed by atoms with Gasteiger partial charge in [-0.05, 0) is 29.3 Å². The van der Waals surface area contributed by atoms with Gasteiger partial charge < -0.3 is 10.8 Å². The average Bonchev–Trinajstić information content (AvgIpc) is 2.35. The first-order valence-electron chi connectivity index (χ1n) is 5.39. The molecule has 0 saturated carbocycles. The monoisotopic (exact) mass is 266 g/mol. The van der Waals surface area contributed by atoms with Crippen LogP contribution in [0.3, 0.4) is 0 Å². The van der Waals surface area contributed by atoms with Gasteiger partial charge in [-0.25, -0.2) is 4.39 Å². The van der Waals surface area contributed by atoms with Gasteiger partial charge in [-0.1, -0.05) is 17.7 Å². The van der Waals surface area contributed by atoms with Crippen LogP contribution in [0.2, 0.25) is 5.02 Å². The lowest BCUT2D eigenvalue weighted by molar-refractivity contribution is 0.178. The highest BCUT2D eigenvalue weighted by Crippen LogP contribution is 2.24. The minimum Gasteiger partial charge on any atom is -0.398 e. The van der Waals surface area contributed by atoms with Crippen molar-refractivity contribution in [3.63, 3.8) is 0 Å². The van der Waals surface area contributed by atoms with Crippen molar-refractivity contribution in [2.24, 2.45) is 0 Å². The van der Waals surface area contributed by atoms with E-state index in [0.717, 1.165) is 5.56 Å². The number of nitrogens with zero attached hydrogens (tertiary/aromatic N) is 1. The van der Waals surface area contributed by atoms with E-state index in [-0.39, 0.29) is 11.4 Å². The van der Waals surface area contributed by atoms with Crippen LogP contribution >= 0.6 is 11.6 Å². The summed E-state index contributed by atoms with van der Waals surface area (Å²) in [4.78, 5) is 3.94. The number of halogens is 2. The minimum absolute atomic E-state index is 0.0341. The van der Waals surface area contributed by atoms with E-state index in [0.29, 0.717) is 11.3 Å². The number of nitrogen functional groups attached to an aromatic ring is 1. The van der Waals surface area contributed by atoms with Crippen LogP contribution in [0.4, 0.5) is 10.1 Å². The Labute approximate surface area is 109 Å². The molecule has 1 aromatic carbocycles. The van der Waals surface area contributed by atoms with E-state index in [1.807, 2.05) is 0 Å². The second-order valence-corrected chi connectivity index (χ2v) is 4.38. The highest BCUT2D eigenvalue weighted by atomic mass is 35.5. The standard InChI is InChI=1S/C13H12ClFN2O/c14-10-2-1-8(5-11(10)15)13(18)6-9-7-17-4-3-12(9)16/h1-5,7,13,18H,6H2,(H2,16,17). The summed E-state index contributed by atoms with van der Waals surface area (Å²) in [5.41, 5.74) is 7.49. The molecule has 3 nitrogen and oxygen atoms in total. The molecular formula is C13H12ClFN2O. The normalized spacial score (nSPS) is 12.4. The molecule has 0 fully saturated rings. The van der Waals surface area contributed by atoms with Gasteiger partial charge in [-0.3, -0.25) is 4.98 Å². The predicted molar refractivity (Wildman–Crippen MR) is 68.7 cm³/mol. The highest BCUT2D eigenvalue weighted by Gasteiger charge is 2.12. The summed E-state index contributed by atoms with van der Waals surface area (Å²) in [6.45, 7) is 0. The molecule has 0 aliphatic rings. The average molecular weight is 267 g/mol. The highest BCUT2D eigenvalue weighted by molar-refractivity contribution is 6.30. The molecule has 0 spiro atoms. The van der Waals surface area contributed by atoms with Gasteiger partial charge in [0.05, 0.1) is 11.1 Å². The molecule has 94 valence electrons. The Morgan fingerprint density at radius 2 is 2.17 bits per heavy atom. The lowest BCUT2D eigenvalue weighted by Crippen LogP contribution is -2.05. The summed E-state index contributed by atoms with van der Waals surface area (Å²) in [5, 5.41) is 10.1. The van der Waals surface area contributed by atoms with Gasteiger partial charge in [0.2, 0.25) is 0 Å². The lowest BCUT2D eigenvalue weighted by atomic mass is 10.0. The van der Waals surface area contributed by atoms with Crippen LogP contribution in [0.5, 0.6) is 0 Å². The first-order chi connectivity index (χ1) is 8.58. The molecule has 0 bridgehead atoms.